The number of hydrogen-bond acceptors (Lipinski definition) is 4. The lowest BCUT2D eigenvalue weighted by molar-refractivity contribution is 0.0254. The van der Waals surface area contributed by atoms with Crippen LogP contribution in [0, 0.1) is 5.92 Å². The Labute approximate surface area is 128 Å². The van der Waals surface area contributed by atoms with E-state index in [1.165, 1.54) is 19.3 Å². The molecule has 1 heterocycles. The van der Waals surface area contributed by atoms with Crippen molar-refractivity contribution in [3.8, 4) is 0 Å². The van der Waals surface area contributed by atoms with Gasteiger partial charge in [0.2, 0.25) is 0 Å². The second kappa shape index (κ2) is 6.97. The van der Waals surface area contributed by atoms with Crippen molar-refractivity contribution in [1.29, 1.82) is 0 Å². The summed E-state index contributed by atoms with van der Waals surface area (Å²) >= 11 is 0. The molecule has 122 valence electrons. The van der Waals surface area contributed by atoms with Crippen LogP contribution in [0.3, 0.4) is 0 Å². The van der Waals surface area contributed by atoms with Crippen molar-refractivity contribution >= 4 is 6.09 Å². The van der Waals surface area contributed by atoms with Crippen LogP contribution in [0.1, 0.15) is 46.5 Å². The Morgan fingerprint density at radius 1 is 1.14 bits per heavy atom. The van der Waals surface area contributed by atoms with Crippen molar-refractivity contribution < 1.29 is 9.53 Å². The molecule has 5 nitrogen and oxygen atoms in total. The Bertz CT molecular complexity index is 354. The third-order valence-corrected chi connectivity index (χ3v) is 4.57. The number of nitrogens with two attached hydrogens (primary N) is 1. The standard InChI is InChI=1S/C16H31N3O2/c1-16(2,3)21-15(20)19-9-5-8-18(10-11-19)14-7-4-6-13(14)12-17/h13-14H,4-12,17H2,1-3H3. The average molecular weight is 297 g/mol. The second-order valence-corrected chi connectivity index (χ2v) is 7.35. The fraction of sp³-hybridized carbons (Fsp3) is 0.938. The number of carbonyl (C=O) groups excluding carboxylic acids is 1. The van der Waals surface area contributed by atoms with Gasteiger partial charge in [-0.2, -0.15) is 0 Å². The van der Waals surface area contributed by atoms with Crippen LogP contribution in [0.15, 0.2) is 0 Å². The normalized spacial score (nSPS) is 28.5. The van der Waals surface area contributed by atoms with Crippen LogP contribution in [0.2, 0.25) is 0 Å². The average Bonchev–Trinajstić information content (AvgIpc) is 2.73. The van der Waals surface area contributed by atoms with Crippen molar-refractivity contribution in [2.45, 2.75) is 58.1 Å². The van der Waals surface area contributed by atoms with E-state index in [0.717, 1.165) is 39.1 Å². The molecule has 5 heteroatoms. The third-order valence-electron chi connectivity index (χ3n) is 4.57. The van der Waals surface area contributed by atoms with Crippen LogP contribution in [-0.2, 0) is 4.74 Å². The fourth-order valence-electron chi connectivity index (χ4n) is 3.55. The van der Waals surface area contributed by atoms with E-state index in [1.54, 1.807) is 0 Å². The van der Waals surface area contributed by atoms with Gasteiger partial charge in [-0.05, 0) is 52.5 Å². The van der Waals surface area contributed by atoms with E-state index in [-0.39, 0.29) is 6.09 Å². The molecule has 1 aliphatic heterocycles. The summed E-state index contributed by atoms with van der Waals surface area (Å²) in [6.45, 7) is 10.1. The number of rotatable bonds is 2. The molecule has 2 unspecified atom stereocenters. The molecule has 0 aromatic rings. The zero-order valence-corrected chi connectivity index (χ0v) is 13.8. The maximum Gasteiger partial charge on any atom is 0.410 e. The first-order valence-corrected chi connectivity index (χ1v) is 8.33. The Morgan fingerprint density at radius 3 is 2.57 bits per heavy atom. The highest BCUT2D eigenvalue weighted by atomic mass is 16.6. The van der Waals surface area contributed by atoms with E-state index < -0.39 is 5.60 Å². The van der Waals surface area contributed by atoms with Gasteiger partial charge < -0.3 is 15.4 Å². The van der Waals surface area contributed by atoms with Crippen molar-refractivity contribution in [3.63, 3.8) is 0 Å². The summed E-state index contributed by atoms with van der Waals surface area (Å²) in [5, 5.41) is 0. The van der Waals surface area contributed by atoms with Gasteiger partial charge in [0.15, 0.2) is 0 Å². The predicted octanol–water partition coefficient (Wildman–Crippen LogP) is 2.06. The summed E-state index contributed by atoms with van der Waals surface area (Å²) in [4.78, 5) is 16.6. The van der Waals surface area contributed by atoms with E-state index in [4.69, 9.17) is 10.5 Å². The van der Waals surface area contributed by atoms with E-state index in [0.29, 0.717) is 12.0 Å². The minimum atomic E-state index is -0.417. The monoisotopic (exact) mass is 297 g/mol. The first kappa shape index (κ1) is 16.6. The second-order valence-electron chi connectivity index (χ2n) is 7.35. The largest absolute Gasteiger partial charge is 0.444 e. The molecule has 2 N–H and O–H groups in total. The Morgan fingerprint density at radius 2 is 1.90 bits per heavy atom. The van der Waals surface area contributed by atoms with Gasteiger partial charge in [0, 0.05) is 32.2 Å². The first-order valence-electron chi connectivity index (χ1n) is 8.33. The van der Waals surface area contributed by atoms with Crippen molar-refractivity contribution in [2.75, 3.05) is 32.7 Å². The number of ether oxygens (including phenoxy) is 1. The summed E-state index contributed by atoms with van der Waals surface area (Å²) in [6, 6.07) is 0.619. The van der Waals surface area contributed by atoms with Gasteiger partial charge in [0.25, 0.3) is 0 Å². The lowest BCUT2D eigenvalue weighted by Gasteiger charge is -2.31. The van der Waals surface area contributed by atoms with Crippen LogP contribution in [0.5, 0.6) is 0 Å². The van der Waals surface area contributed by atoms with Crippen LogP contribution < -0.4 is 5.73 Å². The highest BCUT2D eigenvalue weighted by Crippen LogP contribution is 2.30. The molecule has 1 saturated carbocycles. The molecule has 2 aliphatic rings. The molecule has 0 radical (unpaired) electrons. The van der Waals surface area contributed by atoms with Crippen molar-refractivity contribution in [2.24, 2.45) is 11.7 Å². The topological polar surface area (TPSA) is 58.8 Å². The molecule has 1 saturated heterocycles. The summed E-state index contributed by atoms with van der Waals surface area (Å²) in [5.41, 5.74) is 5.49. The summed E-state index contributed by atoms with van der Waals surface area (Å²) in [5.74, 6) is 0.637. The summed E-state index contributed by atoms with van der Waals surface area (Å²) < 4.78 is 5.48. The van der Waals surface area contributed by atoms with Crippen molar-refractivity contribution in [3.05, 3.63) is 0 Å². The lowest BCUT2D eigenvalue weighted by atomic mass is 10.0. The van der Waals surface area contributed by atoms with Gasteiger partial charge in [-0.25, -0.2) is 4.79 Å². The third kappa shape index (κ3) is 4.58. The molecular formula is C16H31N3O2. The lowest BCUT2D eigenvalue weighted by Crippen LogP contribution is -2.43. The Balaban J connectivity index is 1.88. The molecule has 1 amide bonds. The summed E-state index contributed by atoms with van der Waals surface area (Å²) in [7, 11) is 0. The molecule has 2 fully saturated rings. The number of hydrogen-bond donors (Lipinski definition) is 1. The van der Waals surface area contributed by atoms with E-state index in [2.05, 4.69) is 4.90 Å². The van der Waals surface area contributed by atoms with Gasteiger partial charge in [-0.1, -0.05) is 6.42 Å². The van der Waals surface area contributed by atoms with Gasteiger partial charge in [0.1, 0.15) is 5.60 Å². The molecule has 2 rings (SSSR count). The van der Waals surface area contributed by atoms with Crippen molar-refractivity contribution in [1.82, 2.24) is 9.80 Å². The quantitative estimate of drug-likeness (QED) is 0.847. The highest BCUT2D eigenvalue weighted by molar-refractivity contribution is 5.68. The zero-order chi connectivity index (χ0) is 15.5. The van der Waals surface area contributed by atoms with Gasteiger partial charge >= 0.3 is 6.09 Å². The zero-order valence-electron chi connectivity index (χ0n) is 13.8. The molecule has 21 heavy (non-hydrogen) atoms. The Hall–Kier alpha value is -0.810. The summed E-state index contributed by atoms with van der Waals surface area (Å²) in [6.07, 6.45) is 4.65. The minimum absolute atomic E-state index is 0.175. The smallest absolute Gasteiger partial charge is 0.410 e. The van der Waals surface area contributed by atoms with Gasteiger partial charge in [-0.15, -0.1) is 0 Å². The predicted molar refractivity (Wildman–Crippen MR) is 84.2 cm³/mol. The molecule has 0 aromatic heterocycles. The highest BCUT2D eigenvalue weighted by Gasteiger charge is 2.33. The molecule has 2 atom stereocenters. The fourth-order valence-corrected chi connectivity index (χ4v) is 3.55. The van der Waals surface area contributed by atoms with Crippen LogP contribution >= 0.6 is 0 Å². The molecule has 0 bridgehead atoms. The van der Waals surface area contributed by atoms with Crippen LogP contribution in [0.25, 0.3) is 0 Å². The molecule has 0 spiro atoms. The van der Waals surface area contributed by atoms with Gasteiger partial charge in [-0.3, -0.25) is 4.90 Å². The number of amides is 1. The van der Waals surface area contributed by atoms with Gasteiger partial charge in [0.05, 0.1) is 0 Å². The molecular weight excluding hydrogens is 266 g/mol. The van der Waals surface area contributed by atoms with Crippen LogP contribution in [0.4, 0.5) is 4.79 Å². The van der Waals surface area contributed by atoms with E-state index in [1.807, 2.05) is 25.7 Å². The minimum Gasteiger partial charge on any atom is -0.444 e. The maximum atomic E-state index is 12.2. The maximum absolute atomic E-state index is 12.2. The molecule has 1 aliphatic carbocycles. The molecule has 0 aromatic carbocycles. The van der Waals surface area contributed by atoms with E-state index in [9.17, 15) is 4.79 Å². The number of nitrogens with zero attached hydrogens (tertiary/aromatic N) is 2. The van der Waals surface area contributed by atoms with Crippen LogP contribution in [-0.4, -0.2) is 60.3 Å². The first-order chi connectivity index (χ1) is 9.90. The Kier molecular flexibility index (Phi) is 5.49. The van der Waals surface area contributed by atoms with E-state index >= 15 is 0 Å². The number of carbonyl (C=O) groups is 1. The SMILES string of the molecule is CC(C)(C)OC(=O)N1CCCN(C2CCCC2CN)CC1.